The average molecular weight is 398 g/mol. The van der Waals surface area contributed by atoms with Gasteiger partial charge in [0, 0.05) is 25.6 Å². The molecule has 0 bridgehead atoms. The molecule has 28 heavy (non-hydrogen) atoms. The van der Waals surface area contributed by atoms with Crippen LogP contribution in [-0.2, 0) is 18.0 Å². The van der Waals surface area contributed by atoms with E-state index in [1.165, 1.54) is 0 Å². The fraction of sp³-hybridized carbons (Fsp3) is 0.368. The number of allylic oxidation sites excluding steroid dienone is 1. The number of para-hydroxylation sites is 1. The number of hydrogen-bond acceptors (Lipinski definition) is 5. The van der Waals surface area contributed by atoms with E-state index in [1.54, 1.807) is 21.4 Å². The normalized spacial score (nSPS) is 16.0. The number of nitrogens with two attached hydrogens (primary N) is 1. The van der Waals surface area contributed by atoms with Gasteiger partial charge in [-0.2, -0.15) is 0 Å². The smallest absolute Gasteiger partial charge is 0.263 e. The molecule has 1 aromatic carbocycles. The van der Waals surface area contributed by atoms with Crippen LogP contribution in [0.5, 0.6) is 0 Å². The summed E-state index contributed by atoms with van der Waals surface area (Å²) in [5.41, 5.74) is 6.05. The minimum atomic E-state index is -0.232. The van der Waals surface area contributed by atoms with E-state index in [-0.39, 0.29) is 17.4 Å². The first-order valence-corrected chi connectivity index (χ1v) is 9.65. The van der Waals surface area contributed by atoms with E-state index < -0.39 is 0 Å². The molecule has 3 aromatic rings. The van der Waals surface area contributed by atoms with Gasteiger partial charge in [0.1, 0.15) is 0 Å². The summed E-state index contributed by atoms with van der Waals surface area (Å²) in [4.78, 5) is 26.5. The topological polar surface area (TPSA) is 90.6 Å². The zero-order valence-electron chi connectivity index (χ0n) is 15.5. The highest BCUT2D eigenvalue weighted by atomic mass is 32.1. The molecular weight excluding hydrogens is 376 g/mol. The van der Waals surface area contributed by atoms with Crippen molar-refractivity contribution in [3.05, 3.63) is 52.0 Å². The Morgan fingerprint density at radius 1 is 1.32 bits per heavy atom. The van der Waals surface area contributed by atoms with Crippen LogP contribution in [-0.4, -0.2) is 42.6 Å². The lowest BCUT2D eigenvalue weighted by Crippen LogP contribution is -2.39. The number of fused-ring (bicyclic) bond motifs is 3. The van der Waals surface area contributed by atoms with E-state index in [2.05, 4.69) is 16.6 Å². The van der Waals surface area contributed by atoms with Gasteiger partial charge in [0.15, 0.2) is 0 Å². The van der Waals surface area contributed by atoms with Gasteiger partial charge in [-0.1, -0.05) is 18.2 Å². The van der Waals surface area contributed by atoms with Crippen molar-refractivity contribution in [3.63, 3.8) is 0 Å². The van der Waals surface area contributed by atoms with E-state index in [0.29, 0.717) is 29.1 Å². The second-order valence-corrected chi connectivity index (χ2v) is 7.44. The van der Waals surface area contributed by atoms with E-state index in [4.69, 9.17) is 18.0 Å². The zero-order chi connectivity index (χ0) is 19.8. The van der Waals surface area contributed by atoms with E-state index >= 15 is 0 Å². The van der Waals surface area contributed by atoms with E-state index in [9.17, 15) is 9.59 Å². The van der Waals surface area contributed by atoms with Crippen molar-refractivity contribution in [2.45, 2.75) is 26.1 Å². The predicted octanol–water partition coefficient (Wildman–Crippen LogP) is 1.52. The van der Waals surface area contributed by atoms with Crippen LogP contribution in [0.25, 0.3) is 16.7 Å². The van der Waals surface area contributed by atoms with Crippen molar-refractivity contribution in [1.29, 1.82) is 0 Å². The molecule has 146 valence electrons. The summed E-state index contributed by atoms with van der Waals surface area (Å²) < 4.78 is 5.69. The van der Waals surface area contributed by atoms with Crippen LogP contribution in [0.4, 0.5) is 0 Å². The second-order valence-electron chi connectivity index (χ2n) is 7.08. The Morgan fingerprint density at radius 3 is 2.71 bits per heavy atom. The standard InChI is InChI=1S/C19H22N6O2S/c1-2-9-23-17(27)14-5-3-4-6-15(14)25-18(23)21-24(19(25)28)12-22-10-7-13(8-11-22)16(20)26/h2-6,13H,1,7-12H2,(H2,20,26). The Balaban J connectivity index is 1.78. The minimum absolute atomic E-state index is 0.0630. The number of carbonyl (C=O) groups is 1. The summed E-state index contributed by atoms with van der Waals surface area (Å²) in [5, 5.41) is 5.24. The highest BCUT2D eigenvalue weighted by molar-refractivity contribution is 7.71. The Bertz CT molecular complexity index is 1180. The van der Waals surface area contributed by atoms with Crippen molar-refractivity contribution < 1.29 is 4.79 Å². The summed E-state index contributed by atoms with van der Waals surface area (Å²) >= 11 is 5.70. The van der Waals surface area contributed by atoms with Crippen molar-refractivity contribution in [3.8, 4) is 0 Å². The highest BCUT2D eigenvalue weighted by Crippen LogP contribution is 2.18. The summed E-state index contributed by atoms with van der Waals surface area (Å²) in [6.45, 7) is 6.11. The Labute approximate surface area is 166 Å². The monoisotopic (exact) mass is 398 g/mol. The Morgan fingerprint density at radius 2 is 2.04 bits per heavy atom. The maximum atomic E-state index is 12.9. The predicted molar refractivity (Wildman–Crippen MR) is 109 cm³/mol. The Kier molecular flexibility index (Phi) is 4.86. The van der Waals surface area contributed by atoms with Gasteiger partial charge in [-0.25, -0.2) is 4.68 Å². The van der Waals surface area contributed by atoms with Crippen LogP contribution in [0.15, 0.2) is 41.7 Å². The maximum Gasteiger partial charge on any atom is 0.263 e. The number of hydrogen-bond donors (Lipinski definition) is 1. The largest absolute Gasteiger partial charge is 0.369 e. The molecule has 1 fully saturated rings. The fourth-order valence-electron chi connectivity index (χ4n) is 3.80. The van der Waals surface area contributed by atoms with Crippen molar-refractivity contribution in [2.75, 3.05) is 13.1 Å². The van der Waals surface area contributed by atoms with Crippen LogP contribution in [0, 0.1) is 10.7 Å². The lowest BCUT2D eigenvalue weighted by Gasteiger charge is -2.29. The van der Waals surface area contributed by atoms with Gasteiger partial charge in [0.2, 0.25) is 16.5 Å². The number of primary amides is 1. The van der Waals surface area contributed by atoms with Gasteiger partial charge in [-0.15, -0.1) is 11.7 Å². The van der Waals surface area contributed by atoms with E-state index in [0.717, 1.165) is 31.4 Å². The van der Waals surface area contributed by atoms with Gasteiger partial charge in [-0.3, -0.25) is 23.5 Å². The van der Waals surface area contributed by atoms with Crippen LogP contribution in [0.3, 0.4) is 0 Å². The molecule has 0 spiro atoms. The SMILES string of the molecule is C=CCn1c(=O)c2ccccc2n2c(=S)n(CN3CCC(C(N)=O)CC3)nc12. The molecule has 0 saturated carbocycles. The summed E-state index contributed by atoms with van der Waals surface area (Å²) in [5.74, 6) is 0.205. The van der Waals surface area contributed by atoms with Gasteiger partial charge in [0.25, 0.3) is 5.56 Å². The van der Waals surface area contributed by atoms with Crippen LogP contribution in [0.1, 0.15) is 12.8 Å². The molecule has 0 radical (unpaired) electrons. The lowest BCUT2D eigenvalue weighted by molar-refractivity contribution is -0.123. The molecule has 0 unspecified atom stereocenters. The maximum absolute atomic E-state index is 12.9. The van der Waals surface area contributed by atoms with Crippen molar-refractivity contribution in [2.24, 2.45) is 11.7 Å². The summed E-state index contributed by atoms with van der Waals surface area (Å²) in [6, 6.07) is 7.39. The lowest BCUT2D eigenvalue weighted by atomic mass is 9.97. The summed E-state index contributed by atoms with van der Waals surface area (Å²) in [6.07, 6.45) is 3.15. The van der Waals surface area contributed by atoms with E-state index in [1.807, 2.05) is 22.6 Å². The number of rotatable bonds is 5. The van der Waals surface area contributed by atoms with Crippen LogP contribution in [0.2, 0.25) is 0 Å². The molecule has 3 heterocycles. The van der Waals surface area contributed by atoms with Crippen molar-refractivity contribution in [1.82, 2.24) is 23.6 Å². The zero-order valence-corrected chi connectivity index (χ0v) is 16.3. The number of likely N-dealkylation sites (tertiary alicyclic amines) is 1. The fourth-order valence-corrected chi connectivity index (χ4v) is 4.08. The molecule has 1 amide bonds. The molecular formula is C19H22N6O2S. The molecule has 1 aliphatic rings. The van der Waals surface area contributed by atoms with Crippen LogP contribution >= 0.6 is 12.2 Å². The van der Waals surface area contributed by atoms with Gasteiger partial charge >= 0.3 is 0 Å². The van der Waals surface area contributed by atoms with Gasteiger partial charge in [-0.05, 0) is 37.2 Å². The molecule has 1 aliphatic heterocycles. The minimum Gasteiger partial charge on any atom is -0.369 e. The molecule has 0 aliphatic carbocycles. The molecule has 8 nitrogen and oxygen atoms in total. The number of carbonyl (C=O) groups excluding carboxylic acids is 1. The number of amides is 1. The first kappa shape index (κ1) is 18.6. The number of benzene rings is 1. The molecule has 2 aromatic heterocycles. The average Bonchev–Trinajstić information content (AvgIpc) is 3.02. The number of aromatic nitrogens is 4. The third kappa shape index (κ3) is 3.06. The summed E-state index contributed by atoms with van der Waals surface area (Å²) in [7, 11) is 0. The quantitative estimate of drug-likeness (QED) is 0.520. The van der Waals surface area contributed by atoms with Gasteiger partial charge in [0.05, 0.1) is 17.6 Å². The molecule has 9 heteroatoms. The Hall–Kier alpha value is -2.78. The van der Waals surface area contributed by atoms with Crippen LogP contribution < -0.4 is 11.3 Å². The van der Waals surface area contributed by atoms with Gasteiger partial charge < -0.3 is 5.73 Å². The molecule has 4 rings (SSSR count). The molecule has 2 N–H and O–H groups in total. The highest BCUT2D eigenvalue weighted by Gasteiger charge is 2.24. The first-order valence-electron chi connectivity index (χ1n) is 9.25. The first-order chi connectivity index (χ1) is 13.5. The second kappa shape index (κ2) is 7.33. The third-order valence-electron chi connectivity index (χ3n) is 5.32. The van der Waals surface area contributed by atoms with Crippen molar-refractivity contribution >= 4 is 34.8 Å². The molecule has 0 atom stereocenters. The molecule has 1 saturated heterocycles. The number of piperidine rings is 1. The number of nitrogens with zero attached hydrogens (tertiary/aromatic N) is 5. The third-order valence-corrected chi connectivity index (χ3v) is 5.71.